The first-order valence-electron chi connectivity index (χ1n) is 10.8. The van der Waals surface area contributed by atoms with Crippen LogP contribution >= 0.6 is 0 Å². The zero-order chi connectivity index (χ0) is 19.2. The Kier molecular flexibility index (Phi) is 7.32. The Hall–Kier alpha value is -1.38. The highest BCUT2D eigenvalue weighted by molar-refractivity contribution is 5.33. The maximum absolute atomic E-state index is 14.4. The summed E-state index contributed by atoms with van der Waals surface area (Å²) in [6.45, 7) is 2.10. The van der Waals surface area contributed by atoms with Gasteiger partial charge in [-0.05, 0) is 93.6 Å². The molecule has 0 atom stereocenters. The van der Waals surface area contributed by atoms with E-state index >= 15 is 0 Å². The molecule has 1 nitrogen and oxygen atoms in total. The van der Waals surface area contributed by atoms with Crippen LogP contribution in [0.25, 0.3) is 0 Å². The van der Waals surface area contributed by atoms with Gasteiger partial charge in [-0.25, -0.2) is 4.39 Å². The van der Waals surface area contributed by atoms with Gasteiger partial charge in [-0.2, -0.15) is 4.39 Å². The van der Waals surface area contributed by atoms with E-state index < -0.39 is 11.6 Å². The van der Waals surface area contributed by atoms with Crippen molar-refractivity contribution in [1.82, 2.24) is 0 Å². The highest BCUT2D eigenvalue weighted by Crippen LogP contribution is 2.45. The van der Waals surface area contributed by atoms with Gasteiger partial charge in [-0.1, -0.05) is 31.1 Å². The predicted octanol–water partition coefficient (Wildman–Crippen LogP) is 7.41. The molecule has 1 aromatic rings. The number of hydrogen-bond acceptors (Lipinski definition) is 1. The fourth-order valence-electron chi connectivity index (χ4n) is 5.37. The van der Waals surface area contributed by atoms with Crippen molar-refractivity contribution in [1.29, 1.82) is 0 Å². The summed E-state index contributed by atoms with van der Waals surface area (Å²) >= 11 is 0. The average molecular weight is 377 g/mol. The zero-order valence-corrected chi connectivity index (χ0v) is 16.9. The Labute approximate surface area is 163 Å². The van der Waals surface area contributed by atoms with E-state index in [2.05, 4.69) is 19.1 Å². The monoisotopic (exact) mass is 376 g/mol. The highest BCUT2D eigenvalue weighted by Gasteiger charge is 2.32. The van der Waals surface area contributed by atoms with E-state index in [1.54, 1.807) is 12.1 Å². The van der Waals surface area contributed by atoms with Crippen LogP contribution in [0.4, 0.5) is 8.78 Å². The second-order valence-electron chi connectivity index (χ2n) is 8.52. The van der Waals surface area contributed by atoms with Gasteiger partial charge in [0.1, 0.15) is 0 Å². The molecule has 1 aromatic carbocycles. The molecule has 0 bridgehead atoms. The molecular weight excluding hydrogens is 342 g/mol. The molecule has 3 heteroatoms. The summed E-state index contributed by atoms with van der Waals surface area (Å²) in [4.78, 5) is 0. The molecule has 0 saturated heterocycles. The van der Waals surface area contributed by atoms with Gasteiger partial charge in [0.15, 0.2) is 11.6 Å². The van der Waals surface area contributed by atoms with Crippen LogP contribution in [0, 0.1) is 29.4 Å². The molecule has 0 heterocycles. The first kappa shape index (κ1) is 20.4. The fourth-order valence-corrected chi connectivity index (χ4v) is 5.37. The lowest BCUT2D eigenvalue weighted by molar-refractivity contribution is 0.156. The van der Waals surface area contributed by atoms with Gasteiger partial charge >= 0.3 is 0 Å². The van der Waals surface area contributed by atoms with Crippen molar-refractivity contribution in [3.63, 3.8) is 0 Å². The lowest BCUT2D eigenvalue weighted by Gasteiger charge is -2.38. The Balaban J connectivity index is 1.49. The van der Waals surface area contributed by atoms with Crippen molar-refractivity contribution < 1.29 is 13.5 Å². The molecule has 2 saturated carbocycles. The third kappa shape index (κ3) is 4.92. The van der Waals surface area contributed by atoms with Gasteiger partial charge in [0.05, 0.1) is 7.11 Å². The van der Waals surface area contributed by atoms with E-state index in [-0.39, 0.29) is 11.7 Å². The number of allylic oxidation sites excluding steroid dienone is 2. The van der Waals surface area contributed by atoms with Crippen molar-refractivity contribution in [2.45, 2.75) is 77.0 Å². The summed E-state index contributed by atoms with van der Waals surface area (Å²) in [7, 11) is 1.37. The second-order valence-corrected chi connectivity index (χ2v) is 8.52. The molecule has 0 N–H and O–H groups in total. The molecule has 150 valence electrons. The summed E-state index contributed by atoms with van der Waals surface area (Å²) in [6, 6.07) is 3.28. The molecule has 0 spiro atoms. The minimum Gasteiger partial charge on any atom is -0.494 e. The number of methoxy groups -OCH3 is 1. The predicted molar refractivity (Wildman–Crippen MR) is 107 cm³/mol. The molecular formula is C24H34F2O. The van der Waals surface area contributed by atoms with Gasteiger partial charge in [0.25, 0.3) is 0 Å². The van der Waals surface area contributed by atoms with Gasteiger partial charge in [0, 0.05) is 0 Å². The van der Waals surface area contributed by atoms with E-state index in [1.165, 1.54) is 45.6 Å². The lowest BCUT2D eigenvalue weighted by Crippen LogP contribution is -2.25. The quantitative estimate of drug-likeness (QED) is 0.470. The molecule has 27 heavy (non-hydrogen) atoms. The number of benzene rings is 1. The normalized spacial score (nSPS) is 29.2. The van der Waals surface area contributed by atoms with Crippen LogP contribution in [0.2, 0.25) is 0 Å². The van der Waals surface area contributed by atoms with Gasteiger partial charge in [-0.15, -0.1) is 0 Å². The summed E-state index contributed by atoms with van der Waals surface area (Å²) in [5.74, 6) is 1.14. The van der Waals surface area contributed by atoms with E-state index in [0.717, 1.165) is 43.4 Å². The lowest BCUT2D eigenvalue weighted by atomic mass is 9.68. The number of halogens is 2. The molecule has 2 fully saturated rings. The second kappa shape index (κ2) is 9.71. The topological polar surface area (TPSA) is 9.23 Å². The molecule has 0 unspecified atom stereocenters. The maximum atomic E-state index is 14.4. The van der Waals surface area contributed by atoms with Crippen LogP contribution in [0.5, 0.6) is 5.75 Å². The van der Waals surface area contributed by atoms with Crippen molar-refractivity contribution in [3.8, 4) is 5.75 Å². The first-order valence-corrected chi connectivity index (χ1v) is 10.8. The summed E-state index contributed by atoms with van der Waals surface area (Å²) in [6.07, 6.45) is 16.8. The fraction of sp³-hybridized carbons (Fsp3) is 0.667. The minimum absolute atomic E-state index is 0.00359. The van der Waals surface area contributed by atoms with E-state index in [1.807, 2.05) is 0 Å². The maximum Gasteiger partial charge on any atom is 0.200 e. The molecule has 0 radical (unpaired) electrons. The van der Waals surface area contributed by atoms with Crippen molar-refractivity contribution in [2.75, 3.05) is 7.11 Å². The highest BCUT2D eigenvalue weighted by atomic mass is 19.2. The van der Waals surface area contributed by atoms with Gasteiger partial charge in [-0.3, -0.25) is 0 Å². The molecule has 0 amide bonds. The third-order valence-corrected chi connectivity index (χ3v) is 7.04. The molecule has 3 rings (SSSR count). The number of rotatable bonds is 6. The Bertz CT molecular complexity index is 624. The first-order chi connectivity index (χ1) is 13.1. The Morgan fingerprint density at radius 2 is 1.56 bits per heavy atom. The van der Waals surface area contributed by atoms with Crippen LogP contribution in [0.3, 0.4) is 0 Å². The zero-order valence-electron chi connectivity index (χ0n) is 16.9. The van der Waals surface area contributed by atoms with Gasteiger partial charge in [0.2, 0.25) is 5.82 Å². The summed E-state index contributed by atoms with van der Waals surface area (Å²) in [5, 5.41) is 0. The third-order valence-electron chi connectivity index (χ3n) is 7.04. The van der Waals surface area contributed by atoms with E-state index in [9.17, 15) is 8.78 Å². The average Bonchev–Trinajstić information content (AvgIpc) is 2.71. The smallest absolute Gasteiger partial charge is 0.200 e. The van der Waals surface area contributed by atoms with Gasteiger partial charge < -0.3 is 4.74 Å². The standard InChI is InChI=1S/C24H34F2O/c1-3-4-5-6-17-7-9-18(10-8-17)19-11-13-20(14-12-19)21-15-16-22(27-2)24(26)23(21)25/h3-4,15-20H,5-14H2,1-2H3/b4-3+. The molecule has 0 aliphatic heterocycles. The van der Waals surface area contributed by atoms with Crippen LogP contribution in [0.15, 0.2) is 24.3 Å². The van der Waals surface area contributed by atoms with Crippen molar-refractivity contribution in [2.24, 2.45) is 17.8 Å². The van der Waals surface area contributed by atoms with Crippen molar-refractivity contribution >= 4 is 0 Å². The minimum atomic E-state index is -0.839. The van der Waals surface area contributed by atoms with Crippen LogP contribution < -0.4 is 4.74 Å². The van der Waals surface area contributed by atoms with E-state index in [0.29, 0.717) is 5.56 Å². The van der Waals surface area contributed by atoms with Crippen LogP contribution in [0.1, 0.15) is 82.6 Å². The van der Waals surface area contributed by atoms with Crippen LogP contribution in [-0.2, 0) is 0 Å². The Morgan fingerprint density at radius 3 is 2.15 bits per heavy atom. The molecule has 0 aromatic heterocycles. The summed E-state index contributed by atoms with van der Waals surface area (Å²) in [5.41, 5.74) is 0.541. The SMILES string of the molecule is C/C=C/CCC1CCC(C2CCC(c3ccc(OC)c(F)c3F)CC2)CC1. The number of hydrogen-bond donors (Lipinski definition) is 0. The number of ether oxygens (including phenoxy) is 1. The summed E-state index contributed by atoms with van der Waals surface area (Å²) < 4.78 is 33.3. The molecule has 2 aliphatic rings. The Morgan fingerprint density at radius 1 is 0.926 bits per heavy atom. The van der Waals surface area contributed by atoms with Crippen molar-refractivity contribution in [3.05, 3.63) is 41.5 Å². The molecule has 2 aliphatic carbocycles. The van der Waals surface area contributed by atoms with Crippen LogP contribution in [-0.4, -0.2) is 7.11 Å². The van der Waals surface area contributed by atoms with E-state index in [4.69, 9.17) is 4.74 Å². The largest absolute Gasteiger partial charge is 0.494 e.